The van der Waals surface area contributed by atoms with Gasteiger partial charge in [-0.3, -0.25) is 0 Å². The fourth-order valence-corrected chi connectivity index (χ4v) is 0.969. The van der Waals surface area contributed by atoms with Gasteiger partial charge in [-0.05, 0) is 24.0 Å². The summed E-state index contributed by atoms with van der Waals surface area (Å²) in [5.74, 6) is 0. The molecule has 1 aromatic rings. The lowest BCUT2D eigenvalue weighted by atomic mass is 9.87. The van der Waals surface area contributed by atoms with Gasteiger partial charge in [0.1, 0.15) is 0 Å². The smallest absolute Gasteiger partial charge is 0.0126 e. The third-order valence-corrected chi connectivity index (χ3v) is 1.78. The molecule has 1 aromatic carbocycles. The van der Waals surface area contributed by atoms with Gasteiger partial charge in [0, 0.05) is 0 Å². The van der Waals surface area contributed by atoms with Gasteiger partial charge in [-0.25, -0.2) is 0 Å². The van der Waals surface area contributed by atoms with E-state index >= 15 is 0 Å². The topological polar surface area (TPSA) is 0 Å². The van der Waals surface area contributed by atoms with Gasteiger partial charge in [0.2, 0.25) is 0 Å². The maximum atomic E-state index is 3.28. The van der Waals surface area contributed by atoms with E-state index in [2.05, 4.69) is 45.9 Å². The largest absolute Gasteiger partial charge is 0.0590 e. The standard InChI is InChI=1S/C11H15/c1-9-5-7-10(8-6-9)11(2,3)4/h5-7H,1-4H3. The van der Waals surface area contributed by atoms with Crippen LogP contribution >= 0.6 is 0 Å². The summed E-state index contributed by atoms with van der Waals surface area (Å²) in [6.45, 7) is 8.69. The molecular formula is C11H15. The van der Waals surface area contributed by atoms with Gasteiger partial charge in [-0.2, -0.15) is 0 Å². The highest BCUT2D eigenvalue weighted by Crippen LogP contribution is 2.21. The van der Waals surface area contributed by atoms with Crippen molar-refractivity contribution in [3.63, 3.8) is 0 Å². The first kappa shape index (κ1) is 8.32. The maximum Gasteiger partial charge on any atom is -0.0126 e. The molecule has 0 saturated heterocycles. The highest BCUT2D eigenvalue weighted by molar-refractivity contribution is 5.25. The average Bonchev–Trinajstić information content (AvgIpc) is 1.86. The van der Waals surface area contributed by atoms with E-state index in [4.69, 9.17) is 0 Å². The second kappa shape index (κ2) is 2.69. The molecule has 59 valence electrons. The van der Waals surface area contributed by atoms with E-state index in [1.54, 1.807) is 0 Å². The molecule has 0 spiro atoms. The van der Waals surface area contributed by atoms with Gasteiger partial charge < -0.3 is 0 Å². The Morgan fingerprint density at radius 1 is 1.18 bits per heavy atom. The molecule has 0 aromatic heterocycles. The summed E-state index contributed by atoms with van der Waals surface area (Å²) in [6, 6.07) is 9.60. The molecule has 0 saturated carbocycles. The molecule has 0 aliphatic rings. The Bertz CT molecular complexity index is 223. The summed E-state index contributed by atoms with van der Waals surface area (Å²) in [4.78, 5) is 0. The number of aryl methyl sites for hydroxylation is 1. The zero-order valence-electron chi connectivity index (χ0n) is 7.73. The van der Waals surface area contributed by atoms with Crippen LogP contribution in [0.2, 0.25) is 0 Å². The predicted molar refractivity (Wildman–Crippen MR) is 48.7 cm³/mol. The Morgan fingerprint density at radius 3 is 2.18 bits per heavy atom. The van der Waals surface area contributed by atoms with Gasteiger partial charge in [0.25, 0.3) is 0 Å². The van der Waals surface area contributed by atoms with Crippen LogP contribution < -0.4 is 0 Å². The van der Waals surface area contributed by atoms with E-state index in [9.17, 15) is 0 Å². The first-order valence-corrected chi connectivity index (χ1v) is 3.99. The molecule has 0 unspecified atom stereocenters. The molecular weight excluding hydrogens is 132 g/mol. The molecule has 0 fully saturated rings. The molecule has 0 atom stereocenters. The Kier molecular flexibility index (Phi) is 2.03. The summed E-state index contributed by atoms with van der Waals surface area (Å²) in [5, 5.41) is 0. The minimum absolute atomic E-state index is 0.230. The second-order valence-corrected chi connectivity index (χ2v) is 4.03. The maximum absolute atomic E-state index is 3.28. The van der Waals surface area contributed by atoms with Crippen molar-refractivity contribution in [2.24, 2.45) is 0 Å². The van der Waals surface area contributed by atoms with E-state index in [1.807, 2.05) is 6.07 Å². The average molecular weight is 147 g/mol. The predicted octanol–water partition coefficient (Wildman–Crippen LogP) is 3.09. The van der Waals surface area contributed by atoms with Crippen LogP contribution in [0.3, 0.4) is 0 Å². The van der Waals surface area contributed by atoms with Crippen LogP contribution in [0.1, 0.15) is 31.9 Å². The van der Waals surface area contributed by atoms with Crippen LogP contribution in [0, 0.1) is 13.0 Å². The van der Waals surface area contributed by atoms with Crippen LogP contribution in [0.25, 0.3) is 0 Å². The van der Waals surface area contributed by atoms with Crippen LogP contribution in [0.4, 0.5) is 0 Å². The second-order valence-electron chi connectivity index (χ2n) is 4.03. The van der Waals surface area contributed by atoms with Crippen molar-refractivity contribution in [3.8, 4) is 0 Å². The van der Waals surface area contributed by atoms with Crippen molar-refractivity contribution < 1.29 is 0 Å². The molecule has 1 rings (SSSR count). The van der Waals surface area contributed by atoms with Crippen LogP contribution in [-0.2, 0) is 5.41 Å². The van der Waals surface area contributed by atoms with Gasteiger partial charge in [-0.1, -0.05) is 44.5 Å². The van der Waals surface area contributed by atoms with E-state index in [0.717, 1.165) is 0 Å². The molecule has 1 radical (unpaired) electrons. The lowest BCUT2D eigenvalue weighted by Crippen LogP contribution is -2.10. The van der Waals surface area contributed by atoms with Crippen LogP contribution in [-0.4, -0.2) is 0 Å². The molecule has 11 heavy (non-hydrogen) atoms. The summed E-state index contributed by atoms with van der Waals surface area (Å²) >= 11 is 0. The van der Waals surface area contributed by atoms with Crippen LogP contribution in [0.15, 0.2) is 18.2 Å². The lowest BCUT2D eigenvalue weighted by molar-refractivity contribution is 0.589. The Hall–Kier alpha value is -0.780. The van der Waals surface area contributed by atoms with Gasteiger partial charge in [0.15, 0.2) is 0 Å². The summed E-state index contributed by atoms with van der Waals surface area (Å²) in [7, 11) is 0. The fourth-order valence-electron chi connectivity index (χ4n) is 0.969. The fraction of sp³-hybridized carbons (Fsp3) is 0.455. The van der Waals surface area contributed by atoms with E-state index in [-0.39, 0.29) is 5.41 Å². The van der Waals surface area contributed by atoms with E-state index in [1.165, 1.54) is 11.1 Å². The third-order valence-electron chi connectivity index (χ3n) is 1.78. The molecule has 0 aliphatic heterocycles. The molecule has 0 nitrogen and oxygen atoms in total. The SMILES string of the molecule is Cc1c[c]c(C(C)(C)C)cc1. The molecule has 0 heterocycles. The molecule has 0 aliphatic carbocycles. The first-order valence-electron chi connectivity index (χ1n) is 3.99. The zero-order chi connectivity index (χ0) is 8.48. The molecule has 0 N–H and O–H groups in total. The molecule has 0 amide bonds. The highest BCUT2D eigenvalue weighted by Gasteiger charge is 2.12. The number of rotatable bonds is 0. The summed E-state index contributed by atoms with van der Waals surface area (Å²) < 4.78 is 0. The monoisotopic (exact) mass is 147 g/mol. The molecule has 0 bridgehead atoms. The zero-order valence-corrected chi connectivity index (χ0v) is 7.73. The quantitative estimate of drug-likeness (QED) is 0.529. The first-order chi connectivity index (χ1) is 5.00. The number of benzene rings is 1. The van der Waals surface area contributed by atoms with Crippen LogP contribution in [0.5, 0.6) is 0 Å². The Balaban J connectivity index is 2.99. The summed E-state index contributed by atoms with van der Waals surface area (Å²) in [6.07, 6.45) is 0. The Morgan fingerprint density at radius 2 is 1.82 bits per heavy atom. The van der Waals surface area contributed by atoms with Gasteiger partial charge in [0.05, 0.1) is 0 Å². The lowest BCUT2D eigenvalue weighted by Gasteiger charge is -2.18. The number of hydrogen-bond donors (Lipinski definition) is 0. The van der Waals surface area contributed by atoms with Crippen molar-refractivity contribution in [2.75, 3.05) is 0 Å². The minimum atomic E-state index is 0.230. The Labute approximate surface area is 69.3 Å². The van der Waals surface area contributed by atoms with E-state index in [0.29, 0.717) is 0 Å². The summed E-state index contributed by atoms with van der Waals surface area (Å²) in [5.41, 5.74) is 2.79. The molecule has 0 heteroatoms. The minimum Gasteiger partial charge on any atom is -0.0590 e. The normalized spacial score (nSPS) is 11.6. The number of hydrogen-bond acceptors (Lipinski definition) is 0. The van der Waals surface area contributed by atoms with Gasteiger partial charge in [-0.15, -0.1) is 0 Å². The van der Waals surface area contributed by atoms with Crippen molar-refractivity contribution in [1.82, 2.24) is 0 Å². The van der Waals surface area contributed by atoms with Gasteiger partial charge >= 0.3 is 0 Å². The highest BCUT2D eigenvalue weighted by atomic mass is 14.2. The van der Waals surface area contributed by atoms with Crippen molar-refractivity contribution in [1.29, 1.82) is 0 Å². The van der Waals surface area contributed by atoms with Crippen molar-refractivity contribution >= 4 is 0 Å². The third kappa shape index (κ3) is 2.07. The van der Waals surface area contributed by atoms with Crippen molar-refractivity contribution in [2.45, 2.75) is 33.1 Å². The van der Waals surface area contributed by atoms with Crippen molar-refractivity contribution in [3.05, 3.63) is 35.4 Å². The van der Waals surface area contributed by atoms with E-state index < -0.39 is 0 Å².